The number of methoxy groups -OCH3 is 1. The molecule has 20 heavy (non-hydrogen) atoms. The predicted molar refractivity (Wildman–Crippen MR) is 71.6 cm³/mol. The van der Waals surface area contributed by atoms with E-state index in [1.807, 2.05) is 0 Å². The number of hydrogen-bond acceptors (Lipinski definition) is 5. The Kier molecular flexibility index (Phi) is 4.92. The molecular formula is C14H21NO5. The molecule has 112 valence electrons. The second-order valence-corrected chi connectivity index (χ2v) is 5.62. The van der Waals surface area contributed by atoms with E-state index in [4.69, 9.17) is 4.74 Å². The molecule has 0 aromatic heterocycles. The first-order valence-corrected chi connectivity index (χ1v) is 6.45. The van der Waals surface area contributed by atoms with Gasteiger partial charge in [-0.05, 0) is 27.7 Å². The van der Waals surface area contributed by atoms with Gasteiger partial charge in [0.1, 0.15) is 17.6 Å². The summed E-state index contributed by atoms with van der Waals surface area (Å²) in [5, 5.41) is 2.51. The van der Waals surface area contributed by atoms with Crippen LogP contribution in [0.15, 0.2) is 12.2 Å². The van der Waals surface area contributed by atoms with Crippen LogP contribution in [0, 0.1) is 11.8 Å². The molecule has 0 aliphatic carbocycles. The Balaban J connectivity index is 3.00. The van der Waals surface area contributed by atoms with Gasteiger partial charge in [-0.2, -0.15) is 0 Å². The number of allylic oxidation sites excluding steroid dienone is 1. The molecule has 3 atom stereocenters. The van der Waals surface area contributed by atoms with Crippen LogP contribution in [-0.2, 0) is 23.9 Å². The summed E-state index contributed by atoms with van der Waals surface area (Å²) in [5.74, 6) is -3.35. The number of ether oxygens (including phenoxy) is 2. The van der Waals surface area contributed by atoms with E-state index >= 15 is 0 Å². The second-order valence-electron chi connectivity index (χ2n) is 5.62. The standard InChI is InChI=1S/C14H21NO5/c1-6-7-8-9(12(17)19-5)11(16)15-10(8)13(18)20-14(2,3)4/h6-10H,1-5H3,(H,15,16)/b7-6+/t8-,9-,10-/m1/s1. The fourth-order valence-corrected chi connectivity index (χ4v) is 2.12. The van der Waals surface area contributed by atoms with Crippen LogP contribution < -0.4 is 5.32 Å². The lowest BCUT2D eigenvalue weighted by Gasteiger charge is -2.24. The maximum absolute atomic E-state index is 12.1. The molecule has 0 aromatic carbocycles. The van der Waals surface area contributed by atoms with Crippen molar-refractivity contribution in [3.63, 3.8) is 0 Å². The number of rotatable bonds is 3. The van der Waals surface area contributed by atoms with Gasteiger partial charge in [0.15, 0.2) is 0 Å². The summed E-state index contributed by atoms with van der Waals surface area (Å²) in [7, 11) is 1.21. The number of carbonyl (C=O) groups excluding carboxylic acids is 3. The lowest BCUT2D eigenvalue weighted by Crippen LogP contribution is -2.41. The Hall–Kier alpha value is -1.85. The molecule has 0 bridgehead atoms. The zero-order valence-electron chi connectivity index (χ0n) is 12.4. The Morgan fingerprint density at radius 2 is 1.85 bits per heavy atom. The molecular weight excluding hydrogens is 262 g/mol. The van der Waals surface area contributed by atoms with Crippen LogP contribution in [0.1, 0.15) is 27.7 Å². The monoisotopic (exact) mass is 283 g/mol. The van der Waals surface area contributed by atoms with Crippen molar-refractivity contribution in [1.82, 2.24) is 5.32 Å². The topological polar surface area (TPSA) is 81.7 Å². The molecule has 0 spiro atoms. The minimum Gasteiger partial charge on any atom is -0.468 e. The average Bonchev–Trinajstić information content (AvgIpc) is 2.64. The molecule has 1 aliphatic heterocycles. The van der Waals surface area contributed by atoms with E-state index in [9.17, 15) is 14.4 Å². The number of amides is 1. The van der Waals surface area contributed by atoms with Crippen molar-refractivity contribution in [2.75, 3.05) is 7.11 Å². The van der Waals surface area contributed by atoms with Gasteiger partial charge in [0.2, 0.25) is 5.91 Å². The largest absolute Gasteiger partial charge is 0.468 e. The molecule has 1 heterocycles. The van der Waals surface area contributed by atoms with E-state index in [0.717, 1.165) is 0 Å². The first-order valence-electron chi connectivity index (χ1n) is 6.45. The van der Waals surface area contributed by atoms with Crippen molar-refractivity contribution in [1.29, 1.82) is 0 Å². The molecule has 6 heteroatoms. The van der Waals surface area contributed by atoms with Gasteiger partial charge in [0.25, 0.3) is 0 Å². The van der Waals surface area contributed by atoms with Crippen molar-refractivity contribution in [3.05, 3.63) is 12.2 Å². The van der Waals surface area contributed by atoms with Gasteiger partial charge in [0, 0.05) is 5.92 Å². The van der Waals surface area contributed by atoms with Gasteiger partial charge in [0.05, 0.1) is 7.11 Å². The van der Waals surface area contributed by atoms with E-state index in [1.165, 1.54) is 7.11 Å². The molecule has 0 saturated carbocycles. The third-order valence-electron chi connectivity index (χ3n) is 2.88. The van der Waals surface area contributed by atoms with Gasteiger partial charge < -0.3 is 14.8 Å². The van der Waals surface area contributed by atoms with E-state index in [-0.39, 0.29) is 0 Å². The first-order chi connectivity index (χ1) is 9.21. The van der Waals surface area contributed by atoms with Crippen molar-refractivity contribution >= 4 is 17.8 Å². The van der Waals surface area contributed by atoms with E-state index in [2.05, 4.69) is 10.1 Å². The van der Waals surface area contributed by atoms with E-state index in [1.54, 1.807) is 39.8 Å². The van der Waals surface area contributed by atoms with Gasteiger partial charge in [-0.1, -0.05) is 12.2 Å². The summed E-state index contributed by atoms with van der Waals surface area (Å²) in [6.45, 7) is 6.97. The number of carbonyl (C=O) groups is 3. The van der Waals surface area contributed by atoms with E-state index < -0.39 is 41.3 Å². The second kappa shape index (κ2) is 6.07. The maximum atomic E-state index is 12.1. The normalized spacial score (nSPS) is 26.4. The summed E-state index contributed by atoms with van der Waals surface area (Å²) in [5.41, 5.74) is -0.661. The molecule has 6 nitrogen and oxygen atoms in total. The fraction of sp³-hybridized carbons (Fsp3) is 0.643. The van der Waals surface area contributed by atoms with Crippen molar-refractivity contribution < 1.29 is 23.9 Å². The van der Waals surface area contributed by atoms with Gasteiger partial charge in [-0.3, -0.25) is 9.59 Å². The summed E-state index contributed by atoms with van der Waals surface area (Å²) < 4.78 is 9.89. The van der Waals surface area contributed by atoms with Gasteiger partial charge >= 0.3 is 11.9 Å². The Morgan fingerprint density at radius 1 is 1.25 bits per heavy atom. The van der Waals surface area contributed by atoms with Crippen LogP contribution in [-0.4, -0.2) is 36.6 Å². The minimum absolute atomic E-state index is 0.518. The lowest BCUT2D eigenvalue weighted by atomic mass is 9.89. The molecule has 1 amide bonds. The van der Waals surface area contributed by atoms with Crippen LogP contribution in [0.2, 0.25) is 0 Å². The molecule has 1 rings (SSSR count). The zero-order chi connectivity index (χ0) is 15.5. The molecule has 0 aromatic rings. The Morgan fingerprint density at radius 3 is 2.30 bits per heavy atom. The summed E-state index contributed by atoms with van der Waals surface area (Å²) in [6.07, 6.45) is 3.34. The highest BCUT2D eigenvalue weighted by Gasteiger charge is 2.50. The Bertz CT molecular complexity index is 435. The summed E-state index contributed by atoms with van der Waals surface area (Å²) in [6, 6.07) is -0.873. The fourth-order valence-electron chi connectivity index (χ4n) is 2.12. The first kappa shape index (κ1) is 16.2. The summed E-state index contributed by atoms with van der Waals surface area (Å²) >= 11 is 0. The molecule has 1 N–H and O–H groups in total. The highest BCUT2D eigenvalue weighted by Crippen LogP contribution is 2.28. The van der Waals surface area contributed by atoms with Gasteiger partial charge in [-0.25, -0.2) is 4.79 Å². The predicted octanol–water partition coefficient (Wildman–Crippen LogP) is 0.808. The quantitative estimate of drug-likeness (QED) is 0.471. The molecule has 1 saturated heterocycles. The van der Waals surface area contributed by atoms with Crippen LogP contribution in [0.25, 0.3) is 0 Å². The highest BCUT2D eigenvalue weighted by atomic mass is 16.6. The zero-order valence-corrected chi connectivity index (χ0v) is 12.4. The summed E-state index contributed by atoms with van der Waals surface area (Å²) in [4.78, 5) is 35.7. The molecule has 1 fully saturated rings. The van der Waals surface area contributed by atoms with Crippen LogP contribution >= 0.6 is 0 Å². The van der Waals surface area contributed by atoms with Crippen LogP contribution in [0.4, 0.5) is 0 Å². The van der Waals surface area contributed by atoms with E-state index in [0.29, 0.717) is 0 Å². The van der Waals surface area contributed by atoms with Crippen molar-refractivity contribution in [3.8, 4) is 0 Å². The van der Waals surface area contributed by atoms with Crippen molar-refractivity contribution in [2.24, 2.45) is 11.8 Å². The average molecular weight is 283 g/mol. The molecule has 0 radical (unpaired) electrons. The minimum atomic E-state index is -1.02. The van der Waals surface area contributed by atoms with Crippen LogP contribution in [0.5, 0.6) is 0 Å². The maximum Gasteiger partial charge on any atom is 0.329 e. The third-order valence-corrected chi connectivity index (χ3v) is 2.88. The smallest absolute Gasteiger partial charge is 0.329 e. The van der Waals surface area contributed by atoms with Crippen molar-refractivity contribution in [2.45, 2.75) is 39.3 Å². The SMILES string of the molecule is C/C=C/[C@@H]1[C@@H](C(=O)OC)C(=O)N[C@H]1C(=O)OC(C)(C)C. The molecule has 0 unspecified atom stereocenters. The third kappa shape index (κ3) is 3.59. The lowest BCUT2D eigenvalue weighted by molar-refractivity contribution is -0.158. The number of esters is 2. The number of hydrogen-bond donors (Lipinski definition) is 1. The molecule has 1 aliphatic rings. The highest BCUT2D eigenvalue weighted by molar-refractivity contribution is 6.03. The van der Waals surface area contributed by atoms with Crippen LogP contribution in [0.3, 0.4) is 0 Å². The Labute approximate surface area is 118 Å². The number of nitrogens with one attached hydrogen (secondary N) is 1. The van der Waals surface area contributed by atoms with Gasteiger partial charge in [-0.15, -0.1) is 0 Å².